The van der Waals surface area contributed by atoms with Crippen LogP contribution in [0, 0.1) is 6.92 Å². The number of rotatable bonds is 4. The van der Waals surface area contributed by atoms with E-state index in [4.69, 9.17) is 9.47 Å². The molecule has 1 aromatic rings. The van der Waals surface area contributed by atoms with Gasteiger partial charge in [0.1, 0.15) is 17.0 Å². The van der Waals surface area contributed by atoms with Gasteiger partial charge in [-0.2, -0.15) is 4.99 Å². The van der Waals surface area contributed by atoms with Crippen LogP contribution in [0.5, 0.6) is 11.5 Å². The largest absolute Gasteiger partial charge is 0.496 e. The fraction of sp³-hybridized carbons (Fsp3) is 0.462. The summed E-state index contributed by atoms with van der Waals surface area (Å²) in [5.74, 6) is 1.46. The summed E-state index contributed by atoms with van der Waals surface area (Å²) in [5, 5.41) is 0. The maximum Gasteiger partial charge on any atom is 0.235 e. The number of benzene rings is 1. The Morgan fingerprint density at radius 2 is 2.00 bits per heavy atom. The van der Waals surface area contributed by atoms with E-state index in [9.17, 15) is 4.79 Å². The highest BCUT2D eigenvalue weighted by Gasteiger charge is 2.49. The van der Waals surface area contributed by atoms with Crippen LogP contribution < -0.4 is 9.47 Å². The number of carbonyl (C=O) groups excluding carboxylic acids is 1. The van der Waals surface area contributed by atoms with Crippen molar-refractivity contribution >= 4 is 6.08 Å². The molecule has 0 spiro atoms. The SMILES string of the molecule is COc1ccc(C)c(OC)c1C1(N=C=O)CC1. The smallest absolute Gasteiger partial charge is 0.235 e. The molecule has 17 heavy (non-hydrogen) atoms. The molecule has 0 heterocycles. The van der Waals surface area contributed by atoms with Crippen molar-refractivity contribution in [3.8, 4) is 11.5 Å². The molecule has 1 fully saturated rings. The summed E-state index contributed by atoms with van der Waals surface area (Å²) in [7, 11) is 3.22. The number of isocyanates is 1. The zero-order valence-electron chi connectivity index (χ0n) is 10.2. The number of hydrogen-bond donors (Lipinski definition) is 0. The second kappa shape index (κ2) is 4.22. The lowest BCUT2D eigenvalue weighted by Crippen LogP contribution is -2.08. The molecule has 0 bridgehead atoms. The zero-order chi connectivity index (χ0) is 12.5. The van der Waals surface area contributed by atoms with Crippen LogP contribution in [0.25, 0.3) is 0 Å². The Balaban J connectivity index is 2.65. The molecule has 1 aliphatic carbocycles. The van der Waals surface area contributed by atoms with Crippen LogP contribution in [0.15, 0.2) is 17.1 Å². The minimum atomic E-state index is -0.482. The number of nitrogens with zero attached hydrogens (tertiary/aromatic N) is 1. The number of hydrogen-bond acceptors (Lipinski definition) is 4. The predicted molar refractivity (Wildman–Crippen MR) is 63.3 cm³/mol. The summed E-state index contributed by atoms with van der Waals surface area (Å²) in [6, 6.07) is 3.81. The Morgan fingerprint density at radius 3 is 2.47 bits per heavy atom. The van der Waals surface area contributed by atoms with E-state index in [2.05, 4.69) is 4.99 Å². The number of methoxy groups -OCH3 is 2. The van der Waals surface area contributed by atoms with Gasteiger partial charge in [-0.15, -0.1) is 0 Å². The highest BCUT2D eigenvalue weighted by atomic mass is 16.5. The Morgan fingerprint density at radius 1 is 1.29 bits per heavy atom. The molecular weight excluding hydrogens is 218 g/mol. The lowest BCUT2D eigenvalue weighted by atomic mass is 9.99. The standard InChI is InChI=1S/C13H15NO3/c1-9-4-5-10(16-2)11(12(9)17-3)13(6-7-13)14-8-15/h4-5H,6-7H2,1-3H3. The molecule has 1 aromatic carbocycles. The van der Waals surface area contributed by atoms with Crippen molar-refractivity contribution in [2.75, 3.05) is 14.2 Å². The predicted octanol–water partition coefficient (Wildman–Crippen LogP) is 2.34. The van der Waals surface area contributed by atoms with Gasteiger partial charge in [-0.05, 0) is 31.4 Å². The van der Waals surface area contributed by atoms with Gasteiger partial charge in [0.2, 0.25) is 6.08 Å². The Hall–Kier alpha value is -1.80. The third-order valence-electron chi connectivity index (χ3n) is 3.19. The molecule has 0 saturated heterocycles. The highest BCUT2D eigenvalue weighted by molar-refractivity contribution is 5.57. The molecule has 0 atom stereocenters. The minimum absolute atomic E-state index is 0.482. The molecule has 0 radical (unpaired) electrons. The van der Waals surface area contributed by atoms with Crippen molar-refractivity contribution in [1.82, 2.24) is 0 Å². The highest BCUT2D eigenvalue weighted by Crippen LogP contribution is 2.56. The molecule has 4 heteroatoms. The van der Waals surface area contributed by atoms with Gasteiger partial charge in [-0.1, -0.05) is 6.07 Å². The van der Waals surface area contributed by atoms with Crippen LogP contribution in [0.1, 0.15) is 24.0 Å². The van der Waals surface area contributed by atoms with Crippen LogP contribution in [-0.2, 0) is 10.3 Å². The second-order valence-electron chi connectivity index (χ2n) is 4.23. The van der Waals surface area contributed by atoms with Gasteiger partial charge >= 0.3 is 0 Å². The number of ether oxygens (including phenoxy) is 2. The molecule has 0 unspecified atom stereocenters. The van der Waals surface area contributed by atoms with Crippen molar-refractivity contribution < 1.29 is 14.3 Å². The van der Waals surface area contributed by atoms with E-state index in [-0.39, 0.29) is 0 Å². The molecule has 1 saturated carbocycles. The Labute approximate surface area is 100 Å². The van der Waals surface area contributed by atoms with Crippen molar-refractivity contribution in [2.45, 2.75) is 25.3 Å². The average Bonchev–Trinajstić information content (AvgIpc) is 3.10. The first-order valence-electron chi connectivity index (χ1n) is 5.49. The Kier molecular flexibility index (Phi) is 2.90. The molecule has 90 valence electrons. The summed E-state index contributed by atoms with van der Waals surface area (Å²) < 4.78 is 10.8. The third kappa shape index (κ3) is 1.81. The monoisotopic (exact) mass is 233 g/mol. The van der Waals surface area contributed by atoms with Gasteiger partial charge in [0.15, 0.2) is 0 Å². The van der Waals surface area contributed by atoms with E-state index in [1.54, 1.807) is 20.3 Å². The van der Waals surface area contributed by atoms with Crippen LogP contribution in [0.3, 0.4) is 0 Å². The molecule has 0 aliphatic heterocycles. The molecule has 0 aromatic heterocycles. The molecule has 4 nitrogen and oxygen atoms in total. The second-order valence-corrected chi connectivity index (χ2v) is 4.23. The quantitative estimate of drug-likeness (QED) is 0.592. The number of aryl methyl sites for hydroxylation is 1. The van der Waals surface area contributed by atoms with Crippen LogP contribution in [-0.4, -0.2) is 20.3 Å². The van der Waals surface area contributed by atoms with Crippen LogP contribution in [0.4, 0.5) is 0 Å². The lowest BCUT2D eigenvalue weighted by molar-refractivity contribution is 0.375. The average molecular weight is 233 g/mol. The van der Waals surface area contributed by atoms with E-state index in [1.165, 1.54) is 0 Å². The summed E-state index contributed by atoms with van der Waals surface area (Å²) in [6.07, 6.45) is 3.32. The molecule has 1 aliphatic rings. The van der Waals surface area contributed by atoms with Crippen molar-refractivity contribution in [3.63, 3.8) is 0 Å². The summed E-state index contributed by atoms with van der Waals surface area (Å²) in [5.41, 5.74) is 1.39. The third-order valence-corrected chi connectivity index (χ3v) is 3.19. The fourth-order valence-corrected chi connectivity index (χ4v) is 2.17. The molecule has 0 amide bonds. The van der Waals surface area contributed by atoms with E-state index in [0.717, 1.165) is 29.7 Å². The van der Waals surface area contributed by atoms with Gasteiger partial charge in [0.05, 0.1) is 19.8 Å². The summed E-state index contributed by atoms with van der Waals surface area (Å²) >= 11 is 0. The lowest BCUT2D eigenvalue weighted by Gasteiger charge is -2.19. The molecular formula is C13H15NO3. The summed E-state index contributed by atoms with van der Waals surface area (Å²) in [6.45, 7) is 1.96. The van der Waals surface area contributed by atoms with Crippen LogP contribution >= 0.6 is 0 Å². The maximum absolute atomic E-state index is 10.5. The van der Waals surface area contributed by atoms with E-state index >= 15 is 0 Å². The first kappa shape index (κ1) is 11.7. The normalized spacial score (nSPS) is 15.9. The van der Waals surface area contributed by atoms with Gasteiger partial charge < -0.3 is 9.47 Å². The first-order valence-corrected chi connectivity index (χ1v) is 5.49. The van der Waals surface area contributed by atoms with Crippen molar-refractivity contribution in [2.24, 2.45) is 4.99 Å². The van der Waals surface area contributed by atoms with E-state index in [1.807, 2.05) is 19.1 Å². The number of aliphatic imine (C=N–C) groups is 1. The maximum atomic E-state index is 10.5. The fourth-order valence-electron chi connectivity index (χ4n) is 2.17. The van der Waals surface area contributed by atoms with Gasteiger partial charge in [0, 0.05) is 0 Å². The zero-order valence-corrected chi connectivity index (χ0v) is 10.2. The van der Waals surface area contributed by atoms with Crippen molar-refractivity contribution in [1.29, 1.82) is 0 Å². The summed E-state index contributed by atoms with van der Waals surface area (Å²) in [4.78, 5) is 14.5. The van der Waals surface area contributed by atoms with E-state index in [0.29, 0.717) is 5.75 Å². The van der Waals surface area contributed by atoms with Crippen molar-refractivity contribution in [3.05, 3.63) is 23.3 Å². The molecule has 0 N–H and O–H groups in total. The van der Waals surface area contributed by atoms with Crippen LogP contribution in [0.2, 0.25) is 0 Å². The minimum Gasteiger partial charge on any atom is -0.496 e. The van der Waals surface area contributed by atoms with Gasteiger partial charge in [-0.25, -0.2) is 4.79 Å². The first-order chi connectivity index (χ1) is 8.18. The van der Waals surface area contributed by atoms with E-state index < -0.39 is 5.54 Å². The van der Waals surface area contributed by atoms with Gasteiger partial charge in [0.25, 0.3) is 0 Å². The topological polar surface area (TPSA) is 47.9 Å². The molecule has 2 rings (SSSR count). The Bertz CT molecular complexity index is 486. The van der Waals surface area contributed by atoms with Gasteiger partial charge in [-0.3, -0.25) is 0 Å².